The number of rotatable bonds is 4. The Morgan fingerprint density at radius 2 is 2.04 bits per heavy atom. The molecule has 0 spiro atoms. The first-order valence-electron chi connectivity index (χ1n) is 7.70. The standard InChI is InChI=1S/C18H20F2N2O/c1-23-18-5-3-2-4-15(18)17-11-21-8-9-22(17)12-13-6-7-14(19)10-16(13)20/h2-7,10,17,21H,8-9,11-12H2,1H3. The van der Waals surface area contributed by atoms with Gasteiger partial charge in [-0.25, -0.2) is 8.78 Å². The largest absolute Gasteiger partial charge is 0.496 e. The van der Waals surface area contributed by atoms with Crippen LogP contribution in [0.1, 0.15) is 17.2 Å². The molecule has 3 rings (SSSR count). The lowest BCUT2D eigenvalue weighted by Crippen LogP contribution is -2.45. The van der Waals surface area contributed by atoms with Gasteiger partial charge >= 0.3 is 0 Å². The maximum Gasteiger partial charge on any atom is 0.130 e. The number of halogens is 2. The molecule has 0 aliphatic carbocycles. The zero-order chi connectivity index (χ0) is 16.2. The van der Waals surface area contributed by atoms with Crippen LogP contribution in [0.3, 0.4) is 0 Å². The van der Waals surface area contributed by atoms with E-state index in [1.54, 1.807) is 7.11 Å². The van der Waals surface area contributed by atoms with Crippen molar-refractivity contribution in [1.82, 2.24) is 10.2 Å². The molecule has 0 saturated carbocycles. The Morgan fingerprint density at radius 1 is 1.22 bits per heavy atom. The van der Waals surface area contributed by atoms with Crippen LogP contribution in [0.2, 0.25) is 0 Å². The summed E-state index contributed by atoms with van der Waals surface area (Å²) in [6.45, 7) is 2.84. The minimum absolute atomic E-state index is 0.0874. The molecule has 1 saturated heterocycles. The van der Waals surface area contributed by atoms with E-state index in [1.807, 2.05) is 24.3 Å². The average molecular weight is 318 g/mol. The van der Waals surface area contributed by atoms with E-state index in [0.717, 1.165) is 37.0 Å². The Hall–Kier alpha value is -1.98. The molecule has 3 nitrogen and oxygen atoms in total. The van der Waals surface area contributed by atoms with Crippen molar-refractivity contribution < 1.29 is 13.5 Å². The van der Waals surface area contributed by atoms with Crippen LogP contribution < -0.4 is 10.1 Å². The Bertz CT molecular complexity index is 678. The predicted octanol–water partition coefficient (Wildman–Crippen LogP) is 3.12. The van der Waals surface area contributed by atoms with Gasteiger partial charge in [0.1, 0.15) is 17.4 Å². The molecule has 2 aromatic carbocycles. The van der Waals surface area contributed by atoms with Crippen LogP contribution >= 0.6 is 0 Å². The first-order chi connectivity index (χ1) is 11.2. The summed E-state index contributed by atoms with van der Waals surface area (Å²) in [4.78, 5) is 2.20. The SMILES string of the molecule is COc1ccccc1C1CNCCN1Cc1ccc(F)cc1F. The van der Waals surface area contributed by atoms with Gasteiger partial charge in [0.2, 0.25) is 0 Å². The number of para-hydroxylation sites is 1. The van der Waals surface area contributed by atoms with E-state index in [9.17, 15) is 8.78 Å². The van der Waals surface area contributed by atoms with Crippen LogP contribution in [0.25, 0.3) is 0 Å². The molecule has 1 fully saturated rings. The van der Waals surface area contributed by atoms with Gasteiger partial charge in [0.25, 0.3) is 0 Å². The smallest absolute Gasteiger partial charge is 0.130 e. The molecule has 122 valence electrons. The van der Waals surface area contributed by atoms with E-state index in [1.165, 1.54) is 12.1 Å². The quantitative estimate of drug-likeness (QED) is 0.937. The molecule has 1 heterocycles. The Balaban J connectivity index is 1.87. The van der Waals surface area contributed by atoms with E-state index in [2.05, 4.69) is 10.2 Å². The monoisotopic (exact) mass is 318 g/mol. The number of nitrogens with one attached hydrogen (secondary N) is 1. The third-order valence-electron chi connectivity index (χ3n) is 4.24. The summed E-state index contributed by atoms with van der Waals surface area (Å²) >= 11 is 0. The molecule has 0 aromatic heterocycles. The lowest BCUT2D eigenvalue weighted by molar-refractivity contribution is 0.149. The fraction of sp³-hybridized carbons (Fsp3) is 0.333. The van der Waals surface area contributed by atoms with E-state index >= 15 is 0 Å². The highest BCUT2D eigenvalue weighted by atomic mass is 19.1. The van der Waals surface area contributed by atoms with Crippen LogP contribution in [0, 0.1) is 11.6 Å². The first-order valence-corrected chi connectivity index (χ1v) is 7.70. The van der Waals surface area contributed by atoms with E-state index in [4.69, 9.17) is 4.74 Å². The third kappa shape index (κ3) is 3.51. The van der Waals surface area contributed by atoms with Crippen molar-refractivity contribution in [1.29, 1.82) is 0 Å². The molecule has 1 aliphatic heterocycles. The predicted molar refractivity (Wildman–Crippen MR) is 85.4 cm³/mol. The van der Waals surface area contributed by atoms with Crippen LogP contribution in [-0.4, -0.2) is 31.6 Å². The summed E-state index contributed by atoms with van der Waals surface area (Å²) < 4.78 is 32.5. The maximum absolute atomic E-state index is 14.0. The Labute approximate surface area is 134 Å². The summed E-state index contributed by atoms with van der Waals surface area (Å²) in [6.07, 6.45) is 0. The van der Waals surface area contributed by atoms with Gasteiger partial charge in [0, 0.05) is 43.4 Å². The fourth-order valence-electron chi connectivity index (χ4n) is 3.05. The maximum atomic E-state index is 14.0. The van der Waals surface area contributed by atoms with Crippen molar-refractivity contribution >= 4 is 0 Å². The molecule has 5 heteroatoms. The molecule has 0 radical (unpaired) electrons. The van der Waals surface area contributed by atoms with Crippen molar-refractivity contribution in [3.63, 3.8) is 0 Å². The zero-order valence-electron chi connectivity index (χ0n) is 13.1. The van der Waals surface area contributed by atoms with E-state index < -0.39 is 11.6 Å². The molecule has 23 heavy (non-hydrogen) atoms. The van der Waals surface area contributed by atoms with Gasteiger partial charge in [-0.3, -0.25) is 4.90 Å². The normalized spacial score (nSPS) is 18.8. The molecule has 0 bridgehead atoms. The molecule has 1 N–H and O–H groups in total. The second-order valence-corrected chi connectivity index (χ2v) is 5.67. The highest BCUT2D eigenvalue weighted by Gasteiger charge is 2.26. The van der Waals surface area contributed by atoms with Gasteiger partial charge in [-0.2, -0.15) is 0 Å². The van der Waals surface area contributed by atoms with Gasteiger partial charge in [-0.1, -0.05) is 24.3 Å². The van der Waals surface area contributed by atoms with E-state index in [0.29, 0.717) is 12.1 Å². The number of methoxy groups -OCH3 is 1. The summed E-state index contributed by atoms with van der Waals surface area (Å²) in [5, 5.41) is 3.37. The molecule has 0 amide bonds. The molecule has 1 unspecified atom stereocenters. The van der Waals surface area contributed by atoms with E-state index in [-0.39, 0.29) is 6.04 Å². The highest BCUT2D eigenvalue weighted by Crippen LogP contribution is 2.31. The van der Waals surface area contributed by atoms with Crippen molar-refractivity contribution in [3.05, 3.63) is 65.2 Å². The minimum atomic E-state index is -0.548. The number of hydrogen-bond acceptors (Lipinski definition) is 3. The summed E-state index contributed by atoms with van der Waals surface area (Å²) in [7, 11) is 1.65. The van der Waals surface area contributed by atoms with Gasteiger partial charge in [0.05, 0.1) is 13.2 Å². The van der Waals surface area contributed by atoms with Crippen molar-refractivity contribution in [2.75, 3.05) is 26.7 Å². The van der Waals surface area contributed by atoms with Crippen molar-refractivity contribution in [3.8, 4) is 5.75 Å². The van der Waals surface area contributed by atoms with Crippen LogP contribution in [-0.2, 0) is 6.54 Å². The molecule has 2 aromatic rings. The lowest BCUT2D eigenvalue weighted by atomic mass is 10.0. The summed E-state index contributed by atoms with van der Waals surface area (Å²) in [5.74, 6) is -0.221. The molecular formula is C18H20F2N2O. The van der Waals surface area contributed by atoms with Gasteiger partial charge in [-0.15, -0.1) is 0 Å². The number of nitrogens with zero attached hydrogens (tertiary/aromatic N) is 1. The second-order valence-electron chi connectivity index (χ2n) is 5.67. The van der Waals surface area contributed by atoms with Gasteiger partial charge < -0.3 is 10.1 Å². The number of hydrogen-bond donors (Lipinski definition) is 1. The molecule has 1 aliphatic rings. The van der Waals surface area contributed by atoms with Crippen molar-refractivity contribution in [2.24, 2.45) is 0 Å². The lowest BCUT2D eigenvalue weighted by Gasteiger charge is -2.37. The number of piperazine rings is 1. The molecule has 1 atom stereocenters. The number of benzene rings is 2. The Kier molecular flexibility index (Phi) is 4.88. The molecular weight excluding hydrogens is 298 g/mol. The van der Waals surface area contributed by atoms with Crippen molar-refractivity contribution in [2.45, 2.75) is 12.6 Å². The number of ether oxygens (including phenoxy) is 1. The second kappa shape index (κ2) is 7.06. The average Bonchev–Trinajstić information content (AvgIpc) is 2.58. The fourth-order valence-corrected chi connectivity index (χ4v) is 3.05. The summed E-state index contributed by atoms with van der Waals surface area (Å²) in [6, 6.07) is 11.7. The minimum Gasteiger partial charge on any atom is -0.496 e. The zero-order valence-corrected chi connectivity index (χ0v) is 13.1. The van der Waals surface area contributed by atoms with Gasteiger partial charge in [-0.05, 0) is 12.1 Å². The van der Waals surface area contributed by atoms with Gasteiger partial charge in [0.15, 0.2) is 0 Å². The van der Waals surface area contributed by atoms with Crippen LogP contribution in [0.15, 0.2) is 42.5 Å². The van der Waals surface area contributed by atoms with Crippen LogP contribution in [0.5, 0.6) is 5.75 Å². The first kappa shape index (κ1) is 15.9. The third-order valence-corrected chi connectivity index (χ3v) is 4.24. The summed E-state index contributed by atoms with van der Waals surface area (Å²) in [5.41, 5.74) is 1.58. The Morgan fingerprint density at radius 3 is 2.83 bits per heavy atom. The highest BCUT2D eigenvalue weighted by molar-refractivity contribution is 5.36. The topological polar surface area (TPSA) is 24.5 Å². The van der Waals surface area contributed by atoms with Crippen LogP contribution in [0.4, 0.5) is 8.78 Å².